The fourth-order valence-electron chi connectivity index (χ4n) is 5.19. The number of aromatic nitrogens is 2. The standard InChI is InChI=1S/C32H27IN2O2/c1-21-16-18-23(19-17-21)27-28-25-14-8-9-15-26(25)35(32(36)37-20-22-10-4-2-5-11-22)31(28)34-30(29(27)33)24-12-6-3-7-13-24/h2,4-5,8-12,14-19H,3,6-7,13,20H2,1H3. The third-order valence-electron chi connectivity index (χ3n) is 7.07. The zero-order valence-corrected chi connectivity index (χ0v) is 22.9. The molecular weight excluding hydrogens is 571 g/mol. The molecule has 0 aliphatic heterocycles. The van der Waals surface area contributed by atoms with Crippen molar-refractivity contribution >= 4 is 56.2 Å². The number of hydrogen-bond acceptors (Lipinski definition) is 3. The maximum Gasteiger partial charge on any atom is 0.420 e. The van der Waals surface area contributed by atoms with Gasteiger partial charge in [-0.3, -0.25) is 0 Å². The zero-order valence-electron chi connectivity index (χ0n) is 20.7. The van der Waals surface area contributed by atoms with Gasteiger partial charge in [0.1, 0.15) is 6.61 Å². The topological polar surface area (TPSA) is 44.1 Å². The van der Waals surface area contributed by atoms with Gasteiger partial charge in [0, 0.05) is 19.9 Å². The smallest absolute Gasteiger partial charge is 0.420 e. The third-order valence-corrected chi connectivity index (χ3v) is 8.12. The van der Waals surface area contributed by atoms with Gasteiger partial charge < -0.3 is 4.74 Å². The zero-order chi connectivity index (χ0) is 25.4. The lowest BCUT2D eigenvalue weighted by Gasteiger charge is -2.18. The van der Waals surface area contributed by atoms with E-state index < -0.39 is 6.09 Å². The van der Waals surface area contributed by atoms with Crippen LogP contribution >= 0.6 is 22.6 Å². The SMILES string of the molecule is Cc1ccc(-c2c(I)c(C3=CCCCC3)nc3c2c2ccccc2n3C(=O)OCc2ccccc2)cc1. The van der Waals surface area contributed by atoms with Crippen molar-refractivity contribution in [2.75, 3.05) is 0 Å². The molecule has 2 aromatic heterocycles. The first-order valence-electron chi connectivity index (χ1n) is 12.7. The predicted molar refractivity (Wildman–Crippen MR) is 159 cm³/mol. The van der Waals surface area contributed by atoms with Gasteiger partial charge in [-0.1, -0.05) is 84.4 Å². The summed E-state index contributed by atoms with van der Waals surface area (Å²) in [5.74, 6) is 0. The number of aryl methyl sites for hydroxylation is 1. The van der Waals surface area contributed by atoms with Crippen molar-refractivity contribution in [2.45, 2.75) is 39.2 Å². The maximum atomic E-state index is 13.7. The van der Waals surface area contributed by atoms with E-state index in [1.165, 1.54) is 17.6 Å². The van der Waals surface area contributed by atoms with E-state index in [4.69, 9.17) is 9.72 Å². The van der Waals surface area contributed by atoms with Crippen LogP contribution in [0.1, 0.15) is 42.5 Å². The summed E-state index contributed by atoms with van der Waals surface area (Å²) >= 11 is 2.46. The molecule has 1 aliphatic rings. The van der Waals surface area contributed by atoms with E-state index >= 15 is 0 Å². The highest BCUT2D eigenvalue weighted by Crippen LogP contribution is 2.42. The third kappa shape index (κ3) is 4.46. The highest BCUT2D eigenvalue weighted by atomic mass is 127. The molecule has 1 aliphatic carbocycles. The second-order valence-electron chi connectivity index (χ2n) is 9.58. The Morgan fingerprint density at radius 2 is 1.73 bits per heavy atom. The molecule has 0 amide bonds. The van der Waals surface area contributed by atoms with Gasteiger partial charge in [-0.05, 0) is 78.0 Å². The number of ether oxygens (including phenoxy) is 1. The lowest BCUT2D eigenvalue weighted by atomic mass is 9.93. The van der Waals surface area contributed by atoms with Crippen molar-refractivity contribution < 1.29 is 9.53 Å². The Morgan fingerprint density at radius 3 is 2.49 bits per heavy atom. The molecule has 5 heteroatoms. The molecular formula is C32H27IN2O2. The molecule has 4 nitrogen and oxygen atoms in total. The lowest BCUT2D eigenvalue weighted by Crippen LogP contribution is -2.14. The number of nitrogens with zero attached hydrogens (tertiary/aromatic N) is 2. The minimum atomic E-state index is -0.415. The van der Waals surface area contributed by atoms with Gasteiger partial charge in [0.2, 0.25) is 0 Å². The molecule has 184 valence electrons. The average Bonchev–Trinajstić information content (AvgIpc) is 3.27. The summed E-state index contributed by atoms with van der Waals surface area (Å²) in [6.07, 6.45) is 6.33. The Balaban J connectivity index is 1.62. The van der Waals surface area contributed by atoms with Gasteiger partial charge in [0.05, 0.1) is 11.2 Å². The van der Waals surface area contributed by atoms with Crippen molar-refractivity contribution in [3.05, 3.63) is 105 Å². The van der Waals surface area contributed by atoms with Crippen molar-refractivity contribution in [2.24, 2.45) is 0 Å². The van der Waals surface area contributed by atoms with Crippen LogP contribution in [-0.2, 0) is 11.3 Å². The lowest BCUT2D eigenvalue weighted by molar-refractivity contribution is 0.143. The van der Waals surface area contributed by atoms with Gasteiger partial charge in [0.15, 0.2) is 5.65 Å². The minimum absolute atomic E-state index is 0.209. The number of carbonyl (C=O) groups excluding carboxylic acids is 1. The van der Waals surface area contributed by atoms with Crippen LogP contribution in [0.3, 0.4) is 0 Å². The Labute approximate surface area is 230 Å². The highest BCUT2D eigenvalue weighted by molar-refractivity contribution is 14.1. The minimum Gasteiger partial charge on any atom is -0.444 e. The van der Waals surface area contributed by atoms with E-state index in [1.54, 1.807) is 4.57 Å². The summed E-state index contributed by atoms with van der Waals surface area (Å²) in [6.45, 7) is 2.31. The second kappa shape index (κ2) is 10.1. The quantitative estimate of drug-likeness (QED) is 0.194. The molecule has 0 saturated carbocycles. The number of benzene rings is 3. The van der Waals surface area contributed by atoms with E-state index in [-0.39, 0.29) is 6.61 Å². The van der Waals surface area contributed by atoms with Crippen LogP contribution in [0.2, 0.25) is 0 Å². The molecule has 0 N–H and O–H groups in total. The Bertz CT molecular complexity index is 1650. The monoisotopic (exact) mass is 598 g/mol. The van der Waals surface area contributed by atoms with Gasteiger partial charge in [-0.15, -0.1) is 0 Å². The number of pyridine rings is 1. The molecule has 0 fully saturated rings. The molecule has 2 heterocycles. The number of allylic oxidation sites excluding steroid dienone is 2. The number of rotatable bonds is 4. The molecule has 0 radical (unpaired) electrons. The Kier molecular flexibility index (Phi) is 6.55. The van der Waals surface area contributed by atoms with Gasteiger partial charge in [-0.2, -0.15) is 0 Å². The first kappa shape index (κ1) is 23.9. The summed E-state index contributed by atoms with van der Waals surface area (Å²) in [4.78, 5) is 18.9. The average molecular weight is 598 g/mol. The van der Waals surface area contributed by atoms with Crippen LogP contribution in [0, 0.1) is 10.5 Å². The van der Waals surface area contributed by atoms with E-state index in [0.29, 0.717) is 5.65 Å². The molecule has 37 heavy (non-hydrogen) atoms. The molecule has 0 spiro atoms. The van der Waals surface area contributed by atoms with E-state index in [1.807, 2.05) is 48.5 Å². The number of fused-ring (bicyclic) bond motifs is 3. The van der Waals surface area contributed by atoms with Crippen molar-refractivity contribution in [3.63, 3.8) is 0 Å². The number of halogens is 1. The molecule has 0 bridgehead atoms. The first-order chi connectivity index (χ1) is 18.1. The normalized spacial score (nSPS) is 13.6. The summed E-state index contributed by atoms with van der Waals surface area (Å²) in [5, 5.41) is 1.99. The highest BCUT2D eigenvalue weighted by Gasteiger charge is 2.26. The van der Waals surface area contributed by atoms with Crippen LogP contribution < -0.4 is 0 Å². The molecule has 6 rings (SSSR count). The van der Waals surface area contributed by atoms with Crippen LogP contribution in [0.4, 0.5) is 4.79 Å². The van der Waals surface area contributed by atoms with E-state index in [9.17, 15) is 4.79 Å². The molecule has 0 unspecified atom stereocenters. The first-order valence-corrected chi connectivity index (χ1v) is 13.8. The summed E-state index contributed by atoms with van der Waals surface area (Å²) in [5.41, 5.74) is 8.11. The maximum absolute atomic E-state index is 13.7. The Hall–Kier alpha value is -3.45. The van der Waals surface area contributed by atoms with Crippen molar-refractivity contribution in [1.82, 2.24) is 9.55 Å². The summed E-state index contributed by atoms with van der Waals surface area (Å²) in [6, 6.07) is 26.4. The largest absolute Gasteiger partial charge is 0.444 e. The van der Waals surface area contributed by atoms with Crippen molar-refractivity contribution in [1.29, 1.82) is 0 Å². The number of carbonyl (C=O) groups is 1. The summed E-state index contributed by atoms with van der Waals surface area (Å²) in [7, 11) is 0. The van der Waals surface area contributed by atoms with Crippen LogP contribution in [0.25, 0.3) is 38.6 Å². The van der Waals surface area contributed by atoms with E-state index in [0.717, 1.165) is 61.5 Å². The number of para-hydroxylation sites is 1. The fourth-order valence-corrected chi connectivity index (χ4v) is 6.24. The number of hydrogen-bond donors (Lipinski definition) is 0. The van der Waals surface area contributed by atoms with Crippen LogP contribution in [0.5, 0.6) is 0 Å². The van der Waals surface area contributed by atoms with E-state index in [2.05, 4.69) is 65.9 Å². The molecule has 0 atom stereocenters. The van der Waals surface area contributed by atoms with Crippen molar-refractivity contribution in [3.8, 4) is 11.1 Å². The van der Waals surface area contributed by atoms with Gasteiger partial charge in [0.25, 0.3) is 0 Å². The summed E-state index contributed by atoms with van der Waals surface area (Å²) < 4.78 is 8.62. The molecule has 0 saturated heterocycles. The van der Waals surface area contributed by atoms with Crippen LogP contribution in [0.15, 0.2) is 84.9 Å². The molecule has 5 aromatic rings. The predicted octanol–water partition coefficient (Wildman–Crippen LogP) is 8.91. The fraction of sp³-hybridized carbons (Fsp3) is 0.188. The molecule has 3 aromatic carbocycles. The van der Waals surface area contributed by atoms with Crippen LogP contribution in [-0.4, -0.2) is 15.6 Å². The second-order valence-corrected chi connectivity index (χ2v) is 10.7. The van der Waals surface area contributed by atoms with Gasteiger partial charge in [-0.25, -0.2) is 14.3 Å². The van der Waals surface area contributed by atoms with Gasteiger partial charge >= 0.3 is 6.09 Å². The Morgan fingerprint density at radius 1 is 0.973 bits per heavy atom.